The summed E-state index contributed by atoms with van der Waals surface area (Å²) in [6.07, 6.45) is 5.30. The van der Waals surface area contributed by atoms with Crippen LogP contribution in [0.3, 0.4) is 0 Å². The average Bonchev–Trinajstić information content (AvgIpc) is 2.86. The molecule has 0 unspecified atom stereocenters. The van der Waals surface area contributed by atoms with E-state index in [1.807, 2.05) is 19.1 Å². The number of aryl methyl sites for hydroxylation is 1. The van der Waals surface area contributed by atoms with E-state index in [1.165, 1.54) is 0 Å². The number of fused-ring (bicyclic) bond motifs is 2. The zero-order chi connectivity index (χ0) is 17.9. The smallest absolute Gasteiger partial charge is 0.165 e. The van der Waals surface area contributed by atoms with Crippen LogP contribution in [0, 0.1) is 12.3 Å². The van der Waals surface area contributed by atoms with E-state index in [9.17, 15) is 4.79 Å². The molecule has 0 spiro atoms. The van der Waals surface area contributed by atoms with Gasteiger partial charge < -0.3 is 10.3 Å². The molecule has 1 aliphatic rings. The normalized spacial score (nSPS) is 16.2. The quantitative estimate of drug-likeness (QED) is 0.639. The summed E-state index contributed by atoms with van der Waals surface area (Å²) in [7, 11) is 0. The Hall–Kier alpha value is -2.14. The second-order valence-corrected chi connectivity index (χ2v) is 8.52. The monoisotopic (exact) mass is 397 g/mol. The van der Waals surface area contributed by atoms with Crippen molar-refractivity contribution in [2.24, 2.45) is 5.41 Å². The van der Waals surface area contributed by atoms with Crippen molar-refractivity contribution < 1.29 is 4.79 Å². The SMILES string of the molecule is Cc1cn(-c2ccc3c(N)ncc(Br)c3c2)c2c1C(=O)CC(C)(C)C2. The van der Waals surface area contributed by atoms with Gasteiger partial charge in [0.05, 0.1) is 0 Å². The second kappa shape index (κ2) is 5.43. The predicted octanol–water partition coefficient (Wildman–Crippen LogP) is 4.83. The highest BCUT2D eigenvalue weighted by Gasteiger charge is 2.34. The fourth-order valence-corrected chi connectivity index (χ4v) is 4.31. The molecule has 3 aromatic rings. The van der Waals surface area contributed by atoms with Gasteiger partial charge in [0.25, 0.3) is 0 Å². The van der Waals surface area contributed by atoms with Crippen molar-refractivity contribution in [2.45, 2.75) is 33.6 Å². The maximum Gasteiger partial charge on any atom is 0.165 e. The molecule has 0 radical (unpaired) electrons. The minimum Gasteiger partial charge on any atom is -0.383 e. The highest BCUT2D eigenvalue weighted by molar-refractivity contribution is 9.10. The Labute approximate surface area is 155 Å². The third-order valence-electron chi connectivity index (χ3n) is 4.99. The fraction of sp³-hybridized carbons (Fsp3) is 0.300. The Morgan fingerprint density at radius 3 is 2.76 bits per heavy atom. The minimum atomic E-state index is -0.0155. The molecule has 128 valence electrons. The predicted molar refractivity (Wildman–Crippen MR) is 104 cm³/mol. The Morgan fingerprint density at radius 1 is 1.24 bits per heavy atom. The van der Waals surface area contributed by atoms with Gasteiger partial charge in [0.15, 0.2) is 5.78 Å². The molecule has 0 bridgehead atoms. The second-order valence-electron chi connectivity index (χ2n) is 7.67. The molecule has 0 aliphatic heterocycles. The van der Waals surface area contributed by atoms with Gasteiger partial charge in [0.2, 0.25) is 0 Å². The van der Waals surface area contributed by atoms with Crippen LogP contribution >= 0.6 is 15.9 Å². The Morgan fingerprint density at radius 2 is 2.00 bits per heavy atom. The van der Waals surface area contributed by atoms with Crippen LogP contribution in [0.4, 0.5) is 5.82 Å². The molecule has 0 saturated carbocycles. The van der Waals surface area contributed by atoms with Gasteiger partial charge in [-0.25, -0.2) is 4.98 Å². The van der Waals surface area contributed by atoms with Gasteiger partial charge in [0, 0.05) is 51.0 Å². The van der Waals surface area contributed by atoms with E-state index in [2.05, 4.69) is 51.6 Å². The number of aromatic nitrogens is 2. The molecule has 25 heavy (non-hydrogen) atoms. The maximum atomic E-state index is 12.6. The van der Waals surface area contributed by atoms with E-state index in [1.54, 1.807) is 6.20 Å². The summed E-state index contributed by atoms with van der Waals surface area (Å²) in [6.45, 7) is 6.33. The van der Waals surface area contributed by atoms with Crippen molar-refractivity contribution in [1.29, 1.82) is 0 Å². The summed E-state index contributed by atoms with van der Waals surface area (Å²) >= 11 is 3.56. The first-order valence-corrected chi connectivity index (χ1v) is 9.14. The van der Waals surface area contributed by atoms with Crippen LogP contribution < -0.4 is 5.73 Å². The topological polar surface area (TPSA) is 60.9 Å². The molecule has 0 atom stereocenters. The molecule has 4 nitrogen and oxygen atoms in total. The summed E-state index contributed by atoms with van der Waals surface area (Å²) in [6, 6.07) is 6.14. The number of hydrogen-bond donors (Lipinski definition) is 1. The number of carbonyl (C=O) groups excluding carboxylic acids is 1. The van der Waals surface area contributed by atoms with Gasteiger partial charge in [-0.3, -0.25) is 4.79 Å². The van der Waals surface area contributed by atoms with Gasteiger partial charge in [-0.15, -0.1) is 0 Å². The summed E-state index contributed by atoms with van der Waals surface area (Å²) < 4.78 is 3.07. The summed E-state index contributed by atoms with van der Waals surface area (Å²) in [5.41, 5.74) is 10.1. The lowest BCUT2D eigenvalue weighted by atomic mass is 9.75. The highest BCUT2D eigenvalue weighted by Crippen LogP contribution is 2.38. The molecular formula is C20H20BrN3O. The van der Waals surface area contributed by atoms with Crippen LogP contribution in [-0.2, 0) is 6.42 Å². The van der Waals surface area contributed by atoms with Crippen LogP contribution in [0.2, 0.25) is 0 Å². The van der Waals surface area contributed by atoms with Crippen molar-refractivity contribution in [2.75, 3.05) is 5.73 Å². The molecule has 0 amide bonds. The number of carbonyl (C=O) groups is 1. The number of pyridine rings is 1. The first kappa shape index (κ1) is 16.3. The molecule has 2 N–H and O–H groups in total. The zero-order valence-electron chi connectivity index (χ0n) is 14.6. The molecule has 5 heteroatoms. The summed E-state index contributed by atoms with van der Waals surface area (Å²) in [5, 5.41) is 1.94. The number of nitrogens with zero attached hydrogens (tertiary/aromatic N) is 2. The molecule has 2 heterocycles. The first-order valence-electron chi connectivity index (χ1n) is 8.35. The van der Waals surface area contributed by atoms with E-state index in [-0.39, 0.29) is 11.2 Å². The lowest BCUT2D eigenvalue weighted by molar-refractivity contribution is 0.0910. The Balaban J connectivity index is 1.95. The number of nitrogen functional groups attached to an aromatic ring is 1. The fourth-order valence-electron chi connectivity index (χ4n) is 3.88. The van der Waals surface area contributed by atoms with E-state index in [4.69, 9.17) is 5.73 Å². The van der Waals surface area contributed by atoms with Crippen LogP contribution in [0.5, 0.6) is 0 Å². The molecule has 2 aromatic heterocycles. The van der Waals surface area contributed by atoms with Crippen LogP contribution in [0.25, 0.3) is 16.5 Å². The third-order valence-corrected chi connectivity index (χ3v) is 5.62. The van der Waals surface area contributed by atoms with Crippen LogP contribution in [0.15, 0.2) is 35.1 Å². The van der Waals surface area contributed by atoms with Gasteiger partial charge in [-0.2, -0.15) is 0 Å². The van der Waals surface area contributed by atoms with Crippen molar-refractivity contribution in [3.8, 4) is 5.69 Å². The standard InChI is InChI=1S/C20H20BrN3O/c1-11-10-24(16-7-20(2,3)8-17(25)18(11)16)12-4-5-13-14(6-12)15(21)9-23-19(13)22/h4-6,9-10H,7-8H2,1-3H3,(H2,22,23). The van der Waals surface area contributed by atoms with Crippen molar-refractivity contribution >= 4 is 38.3 Å². The number of rotatable bonds is 1. The first-order chi connectivity index (χ1) is 11.8. The van der Waals surface area contributed by atoms with E-state index in [0.29, 0.717) is 12.2 Å². The van der Waals surface area contributed by atoms with Crippen molar-refractivity contribution in [3.63, 3.8) is 0 Å². The molecule has 1 aliphatic carbocycles. The molecule has 0 saturated heterocycles. The minimum absolute atomic E-state index is 0.0155. The van der Waals surface area contributed by atoms with E-state index >= 15 is 0 Å². The molecular weight excluding hydrogens is 378 g/mol. The van der Waals surface area contributed by atoms with Gasteiger partial charge in [-0.1, -0.05) is 13.8 Å². The molecule has 1 aromatic carbocycles. The van der Waals surface area contributed by atoms with E-state index < -0.39 is 0 Å². The zero-order valence-corrected chi connectivity index (χ0v) is 16.1. The summed E-state index contributed by atoms with van der Waals surface area (Å²) in [4.78, 5) is 16.8. The number of nitrogens with two attached hydrogens (primary N) is 1. The van der Waals surface area contributed by atoms with Gasteiger partial charge >= 0.3 is 0 Å². The number of anilines is 1. The van der Waals surface area contributed by atoms with Crippen molar-refractivity contribution in [3.05, 3.63) is 51.9 Å². The van der Waals surface area contributed by atoms with Gasteiger partial charge in [0.1, 0.15) is 5.82 Å². The Kier molecular flexibility index (Phi) is 3.55. The maximum absolute atomic E-state index is 12.6. The lowest BCUT2D eigenvalue weighted by Crippen LogP contribution is -2.28. The van der Waals surface area contributed by atoms with Crippen LogP contribution in [0.1, 0.15) is 41.9 Å². The molecule has 4 rings (SSSR count). The lowest BCUT2D eigenvalue weighted by Gasteiger charge is -2.30. The van der Waals surface area contributed by atoms with Gasteiger partial charge in [-0.05, 0) is 58.5 Å². The average molecular weight is 398 g/mol. The number of halogens is 1. The summed E-state index contributed by atoms with van der Waals surface area (Å²) in [5.74, 6) is 0.768. The van der Waals surface area contributed by atoms with E-state index in [0.717, 1.165) is 44.2 Å². The van der Waals surface area contributed by atoms with Crippen LogP contribution in [-0.4, -0.2) is 15.3 Å². The number of ketones is 1. The largest absolute Gasteiger partial charge is 0.383 e. The van der Waals surface area contributed by atoms with Crippen molar-refractivity contribution in [1.82, 2.24) is 9.55 Å². The number of hydrogen-bond acceptors (Lipinski definition) is 3. The number of Topliss-reactive ketones (excluding diaryl/α,β-unsaturated/α-hetero) is 1. The number of benzene rings is 1. The molecule has 0 fully saturated rings. The third kappa shape index (κ3) is 2.58. The Bertz CT molecular complexity index is 1030. The highest BCUT2D eigenvalue weighted by atomic mass is 79.9.